The first-order valence-corrected chi connectivity index (χ1v) is 7.75. The molecule has 1 aliphatic heterocycles. The molecule has 21 heavy (non-hydrogen) atoms. The second kappa shape index (κ2) is 4.60. The lowest BCUT2D eigenvalue weighted by atomic mass is 10.0. The molecule has 3 aromatic rings. The summed E-state index contributed by atoms with van der Waals surface area (Å²) in [5.41, 5.74) is 4.02. The SMILES string of the molecule is Cn1c2c(c3ccccc31)C(c1cccs1)=CCNC2=O. The fourth-order valence-electron chi connectivity index (χ4n) is 3.02. The van der Waals surface area contributed by atoms with E-state index in [0.717, 1.165) is 27.7 Å². The average Bonchev–Trinajstić information content (AvgIpc) is 3.07. The van der Waals surface area contributed by atoms with E-state index in [4.69, 9.17) is 0 Å². The monoisotopic (exact) mass is 294 g/mol. The molecule has 1 aliphatic rings. The zero-order valence-electron chi connectivity index (χ0n) is 11.6. The number of para-hydroxylation sites is 1. The third-order valence-electron chi connectivity index (χ3n) is 3.95. The van der Waals surface area contributed by atoms with Crippen LogP contribution in [0.5, 0.6) is 0 Å². The molecule has 0 bridgehead atoms. The third-order valence-corrected chi connectivity index (χ3v) is 4.85. The van der Waals surface area contributed by atoms with Gasteiger partial charge in [0, 0.05) is 34.9 Å². The number of aryl methyl sites for hydroxylation is 1. The summed E-state index contributed by atoms with van der Waals surface area (Å²) in [4.78, 5) is 13.6. The number of carbonyl (C=O) groups is 1. The minimum atomic E-state index is -0.00786. The molecule has 104 valence electrons. The molecule has 4 rings (SSSR count). The van der Waals surface area contributed by atoms with Crippen LogP contribution in [0.2, 0.25) is 0 Å². The number of thiophene rings is 1. The Bertz CT molecular complexity index is 872. The van der Waals surface area contributed by atoms with E-state index >= 15 is 0 Å². The van der Waals surface area contributed by atoms with Gasteiger partial charge in [-0.1, -0.05) is 30.3 Å². The molecular formula is C17H14N2OS. The van der Waals surface area contributed by atoms with Gasteiger partial charge in [0.1, 0.15) is 5.69 Å². The van der Waals surface area contributed by atoms with Crippen molar-refractivity contribution < 1.29 is 4.79 Å². The molecule has 4 heteroatoms. The van der Waals surface area contributed by atoms with E-state index in [-0.39, 0.29) is 5.91 Å². The van der Waals surface area contributed by atoms with E-state index < -0.39 is 0 Å². The van der Waals surface area contributed by atoms with Crippen molar-refractivity contribution >= 4 is 33.7 Å². The molecule has 0 aliphatic carbocycles. The van der Waals surface area contributed by atoms with Crippen LogP contribution >= 0.6 is 11.3 Å². The van der Waals surface area contributed by atoms with Crippen molar-refractivity contribution in [2.45, 2.75) is 0 Å². The number of hydrogen-bond acceptors (Lipinski definition) is 2. The number of hydrogen-bond donors (Lipinski definition) is 1. The summed E-state index contributed by atoms with van der Waals surface area (Å²) in [6, 6.07) is 12.3. The zero-order chi connectivity index (χ0) is 14.4. The summed E-state index contributed by atoms with van der Waals surface area (Å²) >= 11 is 1.70. The predicted molar refractivity (Wildman–Crippen MR) is 86.7 cm³/mol. The predicted octanol–water partition coefficient (Wildman–Crippen LogP) is 3.41. The van der Waals surface area contributed by atoms with Gasteiger partial charge in [-0.2, -0.15) is 0 Å². The second-order valence-corrected chi connectivity index (χ2v) is 6.05. The standard InChI is InChI=1S/C17H14N2OS/c1-19-13-6-3-2-5-11(13)15-12(14-7-4-10-21-14)8-9-18-17(20)16(15)19/h2-8,10H,9H2,1H3,(H,18,20). The highest BCUT2D eigenvalue weighted by Gasteiger charge is 2.26. The van der Waals surface area contributed by atoms with E-state index in [1.165, 1.54) is 4.88 Å². The number of nitrogens with zero attached hydrogens (tertiary/aromatic N) is 1. The first-order valence-electron chi connectivity index (χ1n) is 6.87. The molecule has 2 aromatic heterocycles. The van der Waals surface area contributed by atoms with E-state index in [2.05, 4.69) is 35.0 Å². The minimum absolute atomic E-state index is 0.00786. The molecule has 3 heterocycles. The summed E-state index contributed by atoms with van der Waals surface area (Å²) in [5.74, 6) is -0.00786. The lowest BCUT2D eigenvalue weighted by molar-refractivity contribution is 0.0951. The molecule has 1 N–H and O–H groups in total. The number of carbonyl (C=O) groups excluding carboxylic acids is 1. The molecular weight excluding hydrogens is 280 g/mol. The Morgan fingerprint density at radius 3 is 2.86 bits per heavy atom. The van der Waals surface area contributed by atoms with E-state index in [9.17, 15) is 4.79 Å². The molecule has 1 amide bonds. The van der Waals surface area contributed by atoms with Crippen LogP contribution in [0.25, 0.3) is 16.5 Å². The van der Waals surface area contributed by atoms with Crippen LogP contribution in [0.1, 0.15) is 20.9 Å². The Hall–Kier alpha value is -2.33. The first-order chi connectivity index (χ1) is 10.3. The molecule has 0 atom stereocenters. The Morgan fingerprint density at radius 1 is 1.19 bits per heavy atom. The van der Waals surface area contributed by atoms with Crippen LogP contribution in [0.15, 0.2) is 47.9 Å². The maximum atomic E-state index is 12.4. The van der Waals surface area contributed by atoms with Crippen LogP contribution < -0.4 is 5.32 Å². The first kappa shape index (κ1) is 12.4. The van der Waals surface area contributed by atoms with Crippen molar-refractivity contribution in [3.8, 4) is 0 Å². The number of nitrogens with one attached hydrogen (secondary N) is 1. The summed E-state index contributed by atoms with van der Waals surface area (Å²) in [6.45, 7) is 0.565. The minimum Gasteiger partial charge on any atom is -0.347 e. The van der Waals surface area contributed by atoms with Gasteiger partial charge in [-0.25, -0.2) is 0 Å². The smallest absolute Gasteiger partial charge is 0.268 e. The molecule has 0 radical (unpaired) electrons. The highest BCUT2D eigenvalue weighted by molar-refractivity contribution is 7.11. The largest absolute Gasteiger partial charge is 0.347 e. The van der Waals surface area contributed by atoms with Gasteiger partial charge in [-0.15, -0.1) is 11.3 Å². The molecule has 0 unspecified atom stereocenters. The van der Waals surface area contributed by atoms with E-state index in [1.807, 2.05) is 29.8 Å². The van der Waals surface area contributed by atoms with Crippen LogP contribution in [-0.4, -0.2) is 17.0 Å². The maximum Gasteiger partial charge on any atom is 0.268 e. The van der Waals surface area contributed by atoms with Gasteiger partial charge in [0.2, 0.25) is 0 Å². The number of benzene rings is 1. The topological polar surface area (TPSA) is 34.0 Å². The van der Waals surface area contributed by atoms with Gasteiger partial charge in [-0.05, 0) is 23.1 Å². The van der Waals surface area contributed by atoms with Crippen molar-refractivity contribution in [1.29, 1.82) is 0 Å². The molecule has 0 spiro atoms. The number of amides is 1. The normalized spacial score (nSPS) is 14.5. The Balaban J connectivity index is 2.12. The van der Waals surface area contributed by atoms with Gasteiger partial charge < -0.3 is 9.88 Å². The summed E-state index contributed by atoms with van der Waals surface area (Å²) in [5, 5.41) is 6.16. The van der Waals surface area contributed by atoms with Gasteiger partial charge in [0.05, 0.1) is 0 Å². The number of rotatable bonds is 1. The summed E-state index contributed by atoms with van der Waals surface area (Å²) < 4.78 is 1.99. The van der Waals surface area contributed by atoms with E-state index in [0.29, 0.717) is 6.54 Å². The fraction of sp³-hybridized carbons (Fsp3) is 0.118. The second-order valence-electron chi connectivity index (χ2n) is 5.10. The molecule has 0 saturated carbocycles. The van der Waals surface area contributed by atoms with Crippen LogP contribution in [-0.2, 0) is 7.05 Å². The van der Waals surface area contributed by atoms with Crippen molar-refractivity contribution in [2.24, 2.45) is 7.05 Å². The van der Waals surface area contributed by atoms with Crippen LogP contribution in [0.3, 0.4) is 0 Å². The maximum absolute atomic E-state index is 12.4. The van der Waals surface area contributed by atoms with Gasteiger partial charge in [0.15, 0.2) is 0 Å². The van der Waals surface area contributed by atoms with Crippen molar-refractivity contribution in [3.05, 3.63) is 64.0 Å². The highest BCUT2D eigenvalue weighted by atomic mass is 32.1. The Morgan fingerprint density at radius 2 is 2.05 bits per heavy atom. The van der Waals surface area contributed by atoms with Crippen LogP contribution in [0.4, 0.5) is 0 Å². The summed E-state index contributed by atoms with van der Waals surface area (Å²) in [7, 11) is 1.96. The van der Waals surface area contributed by atoms with E-state index in [1.54, 1.807) is 11.3 Å². The number of fused-ring (bicyclic) bond motifs is 3. The molecule has 0 fully saturated rings. The Kier molecular flexibility index (Phi) is 2.72. The molecule has 1 aromatic carbocycles. The quantitative estimate of drug-likeness (QED) is 0.733. The summed E-state index contributed by atoms with van der Waals surface area (Å²) in [6.07, 6.45) is 2.11. The van der Waals surface area contributed by atoms with Gasteiger partial charge in [-0.3, -0.25) is 4.79 Å². The zero-order valence-corrected chi connectivity index (χ0v) is 12.4. The van der Waals surface area contributed by atoms with Gasteiger partial charge in [0.25, 0.3) is 5.91 Å². The molecule has 3 nitrogen and oxygen atoms in total. The third kappa shape index (κ3) is 1.76. The lowest BCUT2D eigenvalue weighted by Gasteiger charge is -2.05. The van der Waals surface area contributed by atoms with Gasteiger partial charge >= 0.3 is 0 Å². The average molecular weight is 294 g/mol. The highest BCUT2D eigenvalue weighted by Crippen LogP contribution is 2.37. The van der Waals surface area contributed by atoms with Crippen molar-refractivity contribution in [1.82, 2.24) is 9.88 Å². The number of aromatic nitrogens is 1. The Labute approximate surface area is 126 Å². The van der Waals surface area contributed by atoms with Crippen LogP contribution in [0, 0.1) is 0 Å². The lowest BCUT2D eigenvalue weighted by Crippen LogP contribution is -2.24. The van der Waals surface area contributed by atoms with Crippen molar-refractivity contribution in [2.75, 3.05) is 6.54 Å². The molecule has 0 saturated heterocycles. The fourth-order valence-corrected chi connectivity index (χ4v) is 3.79. The van der Waals surface area contributed by atoms with Crippen molar-refractivity contribution in [3.63, 3.8) is 0 Å².